The molecule has 0 aromatic carbocycles. The summed E-state index contributed by atoms with van der Waals surface area (Å²) in [7, 11) is 0. The molecule has 17 heavy (non-hydrogen) atoms. The predicted molar refractivity (Wildman–Crippen MR) is 71.1 cm³/mol. The SMILES string of the molecule is CCN1CCC(NC2CCC(O)CC2)C(C)C1. The number of hydrogen-bond acceptors (Lipinski definition) is 3. The molecule has 3 heteroatoms. The summed E-state index contributed by atoms with van der Waals surface area (Å²) in [6, 6.07) is 1.34. The molecule has 2 fully saturated rings. The first-order chi connectivity index (χ1) is 8.19. The van der Waals surface area contributed by atoms with Crippen LogP contribution in [0.15, 0.2) is 0 Å². The summed E-state index contributed by atoms with van der Waals surface area (Å²) in [6.45, 7) is 8.30. The van der Waals surface area contributed by atoms with Crippen molar-refractivity contribution >= 4 is 0 Å². The number of aliphatic hydroxyl groups is 1. The van der Waals surface area contributed by atoms with E-state index in [0.29, 0.717) is 12.1 Å². The molecule has 100 valence electrons. The van der Waals surface area contributed by atoms with Gasteiger partial charge in [-0.3, -0.25) is 0 Å². The maximum atomic E-state index is 9.52. The van der Waals surface area contributed by atoms with E-state index in [4.69, 9.17) is 0 Å². The van der Waals surface area contributed by atoms with Gasteiger partial charge < -0.3 is 15.3 Å². The molecule has 1 heterocycles. The Kier molecular flexibility index (Phi) is 4.83. The van der Waals surface area contributed by atoms with Gasteiger partial charge in [-0.15, -0.1) is 0 Å². The van der Waals surface area contributed by atoms with Gasteiger partial charge in [0.15, 0.2) is 0 Å². The third-order valence-corrected chi connectivity index (χ3v) is 4.58. The number of rotatable bonds is 3. The zero-order chi connectivity index (χ0) is 12.3. The van der Waals surface area contributed by atoms with Gasteiger partial charge in [-0.05, 0) is 51.1 Å². The van der Waals surface area contributed by atoms with Crippen molar-refractivity contribution in [1.29, 1.82) is 0 Å². The summed E-state index contributed by atoms with van der Waals surface area (Å²) >= 11 is 0. The van der Waals surface area contributed by atoms with E-state index in [9.17, 15) is 5.11 Å². The fourth-order valence-electron chi connectivity index (χ4n) is 3.31. The average Bonchev–Trinajstić information content (AvgIpc) is 2.34. The Morgan fingerprint density at radius 2 is 1.88 bits per heavy atom. The van der Waals surface area contributed by atoms with Gasteiger partial charge in [-0.25, -0.2) is 0 Å². The number of hydrogen-bond donors (Lipinski definition) is 2. The Labute approximate surface area is 106 Å². The first-order valence-electron chi connectivity index (χ1n) is 7.35. The van der Waals surface area contributed by atoms with Crippen LogP contribution in [0, 0.1) is 5.92 Å². The van der Waals surface area contributed by atoms with E-state index >= 15 is 0 Å². The third-order valence-electron chi connectivity index (χ3n) is 4.58. The Hall–Kier alpha value is -0.120. The zero-order valence-corrected chi connectivity index (χ0v) is 11.4. The van der Waals surface area contributed by atoms with E-state index in [-0.39, 0.29) is 6.10 Å². The maximum absolute atomic E-state index is 9.52. The second-order valence-corrected chi connectivity index (χ2v) is 5.94. The lowest BCUT2D eigenvalue weighted by atomic mass is 9.89. The lowest BCUT2D eigenvalue weighted by Crippen LogP contribution is -2.51. The van der Waals surface area contributed by atoms with Crippen molar-refractivity contribution in [3.8, 4) is 0 Å². The smallest absolute Gasteiger partial charge is 0.0541 e. The van der Waals surface area contributed by atoms with Gasteiger partial charge >= 0.3 is 0 Å². The first kappa shape index (κ1) is 13.3. The molecule has 1 saturated heterocycles. The Morgan fingerprint density at radius 3 is 2.47 bits per heavy atom. The number of nitrogens with one attached hydrogen (secondary N) is 1. The van der Waals surface area contributed by atoms with Crippen molar-refractivity contribution < 1.29 is 5.11 Å². The molecule has 2 unspecified atom stereocenters. The lowest BCUT2D eigenvalue weighted by Gasteiger charge is -2.39. The van der Waals surface area contributed by atoms with Crippen molar-refractivity contribution in [3.05, 3.63) is 0 Å². The number of aliphatic hydroxyl groups excluding tert-OH is 1. The molecule has 0 aromatic heterocycles. The molecule has 1 saturated carbocycles. The van der Waals surface area contributed by atoms with Gasteiger partial charge in [0, 0.05) is 18.6 Å². The highest BCUT2D eigenvalue weighted by atomic mass is 16.3. The second kappa shape index (κ2) is 6.17. The number of piperidine rings is 1. The minimum Gasteiger partial charge on any atom is -0.393 e. The molecule has 2 N–H and O–H groups in total. The van der Waals surface area contributed by atoms with E-state index in [1.165, 1.54) is 26.1 Å². The fraction of sp³-hybridized carbons (Fsp3) is 1.00. The van der Waals surface area contributed by atoms with Gasteiger partial charge in [0.05, 0.1) is 6.10 Å². The molecule has 2 aliphatic rings. The molecule has 1 aliphatic carbocycles. The van der Waals surface area contributed by atoms with Crippen LogP contribution in [0.3, 0.4) is 0 Å². The summed E-state index contributed by atoms with van der Waals surface area (Å²) in [5, 5.41) is 13.4. The lowest BCUT2D eigenvalue weighted by molar-refractivity contribution is 0.0991. The molecule has 2 atom stereocenters. The molecule has 0 amide bonds. The summed E-state index contributed by atoms with van der Waals surface area (Å²) in [4.78, 5) is 2.55. The van der Waals surface area contributed by atoms with Crippen molar-refractivity contribution in [2.24, 2.45) is 5.92 Å². The average molecular weight is 240 g/mol. The van der Waals surface area contributed by atoms with Crippen molar-refractivity contribution in [3.63, 3.8) is 0 Å². The predicted octanol–water partition coefficient (Wildman–Crippen LogP) is 1.61. The van der Waals surface area contributed by atoms with Gasteiger partial charge in [-0.1, -0.05) is 13.8 Å². The monoisotopic (exact) mass is 240 g/mol. The van der Waals surface area contributed by atoms with Crippen LogP contribution in [0.4, 0.5) is 0 Å². The van der Waals surface area contributed by atoms with Crippen molar-refractivity contribution in [1.82, 2.24) is 10.2 Å². The summed E-state index contributed by atoms with van der Waals surface area (Å²) in [5.74, 6) is 0.760. The Morgan fingerprint density at radius 1 is 1.18 bits per heavy atom. The van der Waals surface area contributed by atoms with Crippen LogP contribution in [0.5, 0.6) is 0 Å². The Bertz CT molecular complexity index is 226. The van der Waals surface area contributed by atoms with Gasteiger partial charge in [0.25, 0.3) is 0 Å². The summed E-state index contributed by atoms with van der Waals surface area (Å²) in [6.07, 6.45) is 5.53. The van der Waals surface area contributed by atoms with Crippen LogP contribution in [-0.4, -0.2) is 47.8 Å². The van der Waals surface area contributed by atoms with Crippen LogP contribution in [0.1, 0.15) is 46.0 Å². The second-order valence-electron chi connectivity index (χ2n) is 5.94. The highest BCUT2D eigenvalue weighted by Crippen LogP contribution is 2.22. The zero-order valence-electron chi connectivity index (χ0n) is 11.4. The molecule has 0 radical (unpaired) electrons. The topological polar surface area (TPSA) is 35.5 Å². The van der Waals surface area contributed by atoms with Crippen LogP contribution in [0.2, 0.25) is 0 Å². The molecule has 0 spiro atoms. The van der Waals surface area contributed by atoms with E-state index < -0.39 is 0 Å². The highest BCUT2D eigenvalue weighted by molar-refractivity contribution is 4.87. The van der Waals surface area contributed by atoms with Gasteiger partial charge in [-0.2, -0.15) is 0 Å². The number of likely N-dealkylation sites (tertiary alicyclic amines) is 1. The molecular weight excluding hydrogens is 212 g/mol. The molecule has 2 rings (SSSR count). The summed E-state index contributed by atoms with van der Waals surface area (Å²) in [5.41, 5.74) is 0. The van der Waals surface area contributed by atoms with Crippen LogP contribution >= 0.6 is 0 Å². The van der Waals surface area contributed by atoms with E-state index in [1.54, 1.807) is 0 Å². The minimum atomic E-state index is -0.0348. The third kappa shape index (κ3) is 3.67. The Balaban J connectivity index is 1.75. The summed E-state index contributed by atoms with van der Waals surface area (Å²) < 4.78 is 0. The van der Waals surface area contributed by atoms with Crippen LogP contribution in [0.25, 0.3) is 0 Å². The van der Waals surface area contributed by atoms with Crippen LogP contribution < -0.4 is 5.32 Å². The maximum Gasteiger partial charge on any atom is 0.0541 e. The normalized spacial score (nSPS) is 40.4. The van der Waals surface area contributed by atoms with Crippen LogP contribution in [-0.2, 0) is 0 Å². The van der Waals surface area contributed by atoms with E-state index in [2.05, 4.69) is 24.1 Å². The fourth-order valence-corrected chi connectivity index (χ4v) is 3.31. The molecule has 0 bridgehead atoms. The minimum absolute atomic E-state index is 0.0348. The molecular formula is C14H28N2O. The molecule has 0 aromatic rings. The van der Waals surface area contributed by atoms with Gasteiger partial charge in [0.1, 0.15) is 0 Å². The van der Waals surface area contributed by atoms with E-state index in [0.717, 1.165) is 31.6 Å². The quantitative estimate of drug-likeness (QED) is 0.787. The number of nitrogens with zero attached hydrogens (tertiary/aromatic N) is 1. The van der Waals surface area contributed by atoms with E-state index in [1.807, 2.05) is 0 Å². The van der Waals surface area contributed by atoms with Crippen molar-refractivity contribution in [2.75, 3.05) is 19.6 Å². The first-order valence-corrected chi connectivity index (χ1v) is 7.35. The highest BCUT2D eigenvalue weighted by Gasteiger charge is 2.28. The molecule has 3 nitrogen and oxygen atoms in total. The molecule has 1 aliphatic heterocycles. The van der Waals surface area contributed by atoms with Crippen molar-refractivity contribution in [2.45, 2.75) is 64.1 Å². The largest absolute Gasteiger partial charge is 0.393 e. The standard InChI is InChI=1S/C14H28N2O/c1-3-16-9-8-14(11(2)10-16)15-12-4-6-13(17)7-5-12/h11-15,17H,3-10H2,1-2H3. The van der Waals surface area contributed by atoms with Gasteiger partial charge in [0.2, 0.25) is 0 Å².